The minimum atomic E-state index is 0.246. The van der Waals surface area contributed by atoms with E-state index >= 15 is 0 Å². The summed E-state index contributed by atoms with van der Waals surface area (Å²) in [5.74, 6) is 1.85. The molecule has 1 aliphatic rings. The van der Waals surface area contributed by atoms with E-state index in [0.717, 1.165) is 17.1 Å². The highest BCUT2D eigenvalue weighted by Gasteiger charge is 2.14. The van der Waals surface area contributed by atoms with Crippen molar-refractivity contribution in [3.63, 3.8) is 0 Å². The number of H-pyrrole nitrogens is 1. The van der Waals surface area contributed by atoms with Gasteiger partial charge in [0.15, 0.2) is 11.5 Å². The van der Waals surface area contributed by atoms with E-state index in [1.54, 1.807) is 6.20 Å². The summed E-state index contributed by atoms with van der Waals surface area (Å²) in [5.41, 5.74) is 1.56. The van der Waals surface area contributed by atoms with Gasteiger partial charge in [-0.1, -0.05) is 5.10 Å². The van der Waals surface area contributed by atoms with Crippen molar-refractivity contribution in [1.29, 1.82) is 0 Å². The van der Waals surface area contributed by atoms with Crippen LogP contribution < -0.4 is 14.8 Å². The molecule has 1 aromatic carbocycles. The summed E-state index contributed by atoms with van der Waals surface area (Å²) in [6.45, 7) is 0.246. The summed E-state index contributed by atoms with van der Waals surface area (Å²) in [6.07, 6.45) is 1.80. The van der Waals surface area contributed by atoms with E-state index in [0.29, 0.717) is 17.7 Å². The van der Waals surface area contributed by atoms with Crippen LogP contribution in [-0.4, -0.2) is 22.0 Å². The van der Waals surface area contributed by atoms with Gasteiger partial charge in [0.1, 0.15) is 5.69 Å². The quantitative estimate of drug-likeness (QED) is 0.760. The molecule has 2 aromatic heterocycles. The Morgan fingerprint density at radius 1 is 1.10 bits per heavy atom. The lowest BCUT2D eigenvalue weighted by Crippen LogP contribution is -1.93. The molecule has 0 fully saturated rings. The predicted molar refractivity (Wildman–Crippen MR) is 69.9 cm³/mol. The number of fused-ring (bicyclic) bond motifs is 1. The van der Waals surface area contributed by atoms with E-state index in [2.05, 4.69) is 20.5 Å². The van der Waals surface area contributed by atoms with E-state index < -0.39 is 0 Å². The summed E-state index contributed by atoms with van der Waals surface area (Å²) in [6, 6.07) is 9.54. The van der Waals surface area contributed by atoms with E-state index in [9.17, 15) is 0 Å². The largest absolute Gasteiger partial charge is 0.454 e. The fourth-order valence-electron chi connectivity index (χ4n) is 1.94. The van der Waals surface area contributed by atoms with Gasteiger partial charge in [-0.15, -0.1) is 5.10 Å². The maximum atomic E-state index is 5.51. The van der Waals surface area contributed by atoms with Crippen molar-refractivity contribution in [1.82, 2.24) is 15.2 Å². The van der Waals surface area contributed by atoms with Gasteiger partial charge in [0.05, 0.1) is 0 Å². The highest BCUT2D eigenvalue weighted by atomic mass is 16.7. The lowest BCUT2D eigenvalue weighted by molar-refractivity contribution is 0.174. The summed E-state index contributed by atoms with van der Waals surface area (Å²) in [4.78, 5) is 3.00. The molecule has 0 spiro atoms. The molecule has 0 saturated carbocycles. The fraction of sp³-hybridized carbons (Fsp3) is 0.0769. The van der Waals surface area contributed by atoms with E-state index in [1.165, 1.54) is 0 Å². The predicted octanol–water partition coefficient (Wildman–Crippen LogP) is 2.54. The maximum Gasteiger partial charge on any atom is 0.320 e. The van der Waals surface area contributed by atoms with Crippen molar-refractivity contribution in [2.24, 2.45) is 0 Å². The summed E-state index contributed by atoms with van der Waals surface area (Å²) in [7, 11) is 0. The van der Waals surface area contributed by atoms with Gasteiger partial charge < -0.3 is 24.2 Å². The molecule has 0 saturated heterocycles. The molecule has 0 radical (unpaired) electrons. The number of nitrogens with one attached hydrogen (secondary N) is 2. The van der Waals surface area contributed by atoms with Crippen LogP contribution in [0.25, 0.3) is 11.6 Å². The minimum absolute atomic E-state index is 0.246. The number of nitrogens with zero attached hydrogens (tertiary/aromatic N) is 2. The first kappa shape index (κ1) is 10.9. The molecule has 7 heteroatoms. The van der Waals surface area contributed by atoms with Crippen molar-refractivity contribution < 1.29 is 13.9 Å². The van der Waals surface area contributed by atoms with Crippen molar-refractivity contribution >= 4 is 11.7 Å². The number of hydrogen-bond acceptors (Lipinski definition) is 6. The molecule has 7 nitrogen and oxygen atoms in total. The van der Waals surface area contributed by atoms with Crippen LogP contribution in [0.5, 0.6) is 11.5 Å². The van der Waals surface area contributed by atoms with Gasteiger partial charge in [0.25, 0.3) is 5.89 Å². The number of anilines is 2. The van der Waals surface area contributed by atoms with Crippen LogP contribution in [0.15, 0.2) is 40.9 Å². The number of rotatable bonds is 3. The van der Waals surface area contributed by atoms with Gasteiger partial charge in [0.2, 0.25) is 6.79 Å². The third kappa shape index (κ3) is 1.85. The first-order valence-corrected chi connectivity index (χ1v) is 6.02. The molecule has 0 unspecified atom stereocenters. The van der Waals surface area contributed by atoms with Crippen LogP contribution in [0.2, 0.25) is 0 Å². The third-order valence-electron chi connectivity index (χ3n) is 2.88. The Morgan fingerprint density at radius 3 is 2.95 bits per heavy atom. The smallest absolute Gasteiger partial charge is 0.320 e. The Balaban J connectivity index is 1.57. The number of aromatic amines is 1. The topological polar surface area (TPSA) is 85.2 Å². The van der Waals surface area contributed by atoms with Gasteiger partial charge in [-0.3, -0.25) is 0 Å². The monoisotopic (exact) mass is 270 g/mol. The van der Waals surface area contributed by atoms with Gasteiger partial charge in [0, 0.05) is 18.0 Å². The van der Waals surface area contributed by atoms with Crippen LogP contribution in [0, 0.1) is 0 Å². The van der Waals surface area contributed by atoms with Crippen molar-refractivity contribution in [3.8, 4) is 23.1 Å². The Morgan fingerprint density at radius 2 is 2.05 bits per heavy atom. The first-order chi connectivity index (χ1) is 9.88. The highest BCUT2D eigenvalue weighted by Crippen LogP contribution is 2.35. The number of hydrogen-bond donors (Lipinski definition) is 2. The Labute approximate surface area is 113 Å². The zero-order valence-electron chi connectivity index (χ0n) is 10.3. The standard InChI is InChI=1S/C13H10N4O3/c1-2-9(14-5-1)12-16-17-13(20-12)15-8-3-4-10-11(6-8)19-7-18-10/h1-6,14H,7H2,(H,15,17). The van der Waals surface area contributed by atoms with E-state index in [-0.39, 0.29) is 6.79 Å². The zero-order valence-corrected chi connectivity index (χ0v) is 10.3. The van der Waals surface area contributed by atoms with Crippen LogP contribution >= 0.6 is 0 Å². The number of benzene rings is 1. The molecular weight excluding hydrogens is 260 g/mol. The molecule has 0 bridgehead atoms. The fourth-order valence-corrected chi connectivity index (χ4v) is 1.94. The second-order valence-electron chi connectivity index (χ2n) is 4.19. The second-order valence-corrected chi connectivity index (χ2v) is 4.19. The van der Waals surface area contributed by atoms with Gasteiger partial charge in [-0.25, -0.2) is 0 Å². The molecule has 1 aliphatic heterocycles. The number of aromatic nitrogens is 3. The highest BCUT2D eigenvalue weighted by molar-refractivity contribution is 5.60. The van der Waals surface area contributed by atoms with Crippen LogP contribution in [0.3, 0.4) is 0 Å². The lowest BCUT2D eigenvalue weighted by Gasteiger charge is -2.02. The minimum Gasteiger partial charge on any atom is -0.454 e. The number of ether oxygens (including phenoxy) is 2. The van der Waals surface area contributed by atoms with Crippen molar-refractivity contribution in [2.45, 2.75) is 0 Å². The molecule has 3 heterocycles. The summed E-state index contributed by atoms with van der Waals surface area (Å²) in [5, 5.41) is 10.9. The Hall–Kier alpha value is -2.96. The molecular formula is C13H10N4O3. The van der Waals surface area contributed by atoms with Crippen LogP contribution in [-0.2, 0) is 0 Å². The summed E-state index contributed by atoms with van der Waals surface area (Å²) < 4.78 is 16.1. The van der Waals surface area contributed by atoms with Crippen molar-refractivity contribution in [2.75, 3.05) is 12.1 Å². The summed E-state index contributed by atoms with van der Waals surface area (Å²) >= 11 is 0. The van der Waals surface area contributed by atoms with Crippen molar-refractivity contribution in [3.05, 3.63) is 36.5 Å². The Kier molecular flexibility index (Phi) is 2.35. The van der Waals surface area contributed by atoms with Crippen LogP contribution in [0.4, 0.5) is 11.7 Å². The van der Waals surface area contributed by atoms with Gasteiger partial charge in [-0.2, -0.15) is 0 Å². The molecule has 0 aliphatic carbocycles. The van der Waals surface area contributed by atoms with Gasteiger partial charge in [-0.05, 0) is 24.3 Å². The maximum absolute atomic E-state index is 5.51. The average molecular weight is 270 g/mol. The lowest BCUT2D eigenvalue weighted by atomic mass is 10.3. The molecule has 4 rings (SSSR count). The molecule has 0 amide bonds. The third-order valence-corrected chi connectivity index (χ3v) is 2.88. The molecule has 2 N–H and O–H groups in total. The normalized spacial score (nSPS) is 12.6. The SMILES string of the molecule is c1c[nH]c(-c2nnc(Nc3ccc4c(c3)OCO4)o2)c1. The Bertz CT molecular complexity index is 736. The van der Waals surface area contributed by atoms with E-state index in [4.69, 9.17) is 13.9 Å². The molecule has 3 aromatic rings. The van der Waals surface area contributed by atoms with E-state index in [1.807, 2.05) is 30.3 Å². The first-order valence-electron chi connectivity index (χ1n) is 6.02. The molecule has 20 heavy (non-hydrogen) atoms. The van der Waals surface area contributed by atoms with Crippen LogP contribution in [0.1, 0.15) is 0 Å². The zero-order chi connectivity index (χ0) is 13.4. The van der Waals surface area contributed by atoms with Gasteiger partial charge >= 0.3 is 6.01 Å². The second kappa shape index (κ2) is 4.30. The average Bonchev–Trinajstić information content (AvgIpc) is 3.19. The molecule has 100 valence electrons. The molecule has 0 atom stereocenters.